The number of hydrogen-bond acceptors (Lipinski definition) is 2. The largest absolute Gasteiger partial charge is 0.494 e. The lowest BCUT2D eigenvalue weighted by Gasteiger charge is -2.25. The van der Waals surface area contributed by atoms with Crippen molar-refractivity contribution in [1.29, 1.82) is 0 Å². The molecule has 2 heteroatoms. The van der Waals surface area contributed by atoms with Gasteiger partial charge in [0.15, 0.2) is 0 Å². The van der Waals surface area contributed by atoms with E-state index in [1.165, 1.54) is 0 Å². The van der Waals surface area contributed by atoms with E-state index in [9.17, 15) is 0 Å². The fourth-order valence-corrected chi connectivity index (χ4v) is 1.41. The molecular formula is C12H19NO. The first kappa shape index (κ1) is 11.1. The Morgan fingerprint density at radius 2 is 1.93 bits per heavy atom. The minimum Gasteiger partial charge on any atom is -0.494 e. The first-order valence-electron chi connectivity index (χ1n) is 5.13. The van der Waals surface area contributed by atoms with E-state index in [-0.39, 0.29) is 5.54 Å². The van der Waals surface area contributed by atoms with E-state index >= 15 is 0 Å². The summed E-state index contributed by atoms with van der Waals surface area (Å²) in [7, 11) is 0. The van der Waals surface area contributed by atoms with Gasteiger partial charge in [-0.2, -0.15) is 0 Å². The van der Waals surface area contributed by atoms with Gasteiger partial charge in [-0.15, -0.1) is 0 Å². The number of benzene rings is 1. The van der Waals surface area contributed by atoms with Gasteiger partial charge in [0.1, 0.15) is 5.75 Å². The Bertz CT molecular complexity index is 294. The molecule has 0 spiro atoms. The fraction of sp³-hybridized carbons (Fsp3) is 0.500. The van der Waals surface area contributed by atoms with E-state index in [0.717, 1.165) is 17.7 Å². The summed E-state index contributed by atoms with van der Waals surface area (Å²) in [5, 5.41) is 0. The smallest absolute Gasteiger partial charge is 0.124 e. The predicted molar refractivity (Wildman–Crippen MR) is 59.4 cm³/mol. The standard InChI is InChI=1S/C12H19NO/c1-4-12(3,13)10-8-6-7-9-11(10)14-5-2/h6-9H,4-5,13H2,1-3H3. The van der Waals surface area contributed by atoms with Crippen LogP contribution in [0.2, 0.25) is 0 Å². The van der Waals surface area contributed by atoms with Crippen LogP contribution in [0.4, 0.5) is 0 Å². The van der Waals surface area contributed by atoms with Crippen molar-refractivity contribution in [2.24, 2.45) is 5.73 Å². The van der Waals surface area contributed by atoms with Crippen LogP contribution in [0.5, 0.6) is 5.75 Å². The first-order chi connectivity index (χ1) is 6.61. The summed E-state index contributed by atoms with van der Waals surface area (Å²) in [5.41, 5.74) is 6.98. The van der Waals surface area contributed by atoms with Gasteiger partial charge in [0.05, 0.1) is 6.61 Å². The molecule has 0 aliphatic rings. The predicted octanol–water partition coefficient (Wildman–Crippen LogP) is 2.67. The molecule has 2 nitrogen and oxygen atoms in total. The molecule has 1 aromatic carbocycles. The third-order valence-electron chi connectivity index (χ3n) is 2.54. The number of nitrogens with two attached hydrogens (primary N) is 1. The van der Waals surface area contributed by atoms with Gasteiger partial charge in [-0.25, -0.2) is 0 Å². The van der Waals surface area contributed by atoms with Crippen LogP contribution in [0.15, 0.2) is 24.3 Å². The van der Waals surface area contributed by atoms with Crippen LogP contribution in [0.3, 0.4) is 0 Å². The van der Waals surface area contributed by atoms with Gasteiger partial charge < -0.3 is 10.5 Å². The highest BCUT2D eigenvalue weighted by molar-refractivity contribution is 5.38. The molecule has 0 bridgehead atoms. The fourth-order valence-electron chi connectivity index (χ4n) is 1.41. The molecule has 0 aliphatic heterocycles. The Morgan fingerprint density at radius 1 is 1.29 bits per heavy atom. The Balaban J connectivity index is 3.06. The molecule has 0 radical (unpaired) electrons. The molecule has 14 heavy (non-hydrogen) atoms. The minimum atomic E-state index is -0.300. The van der Waals surface area contributed by atoms with E-state index in [1.807, 2.05) is 38.1 Å². The third-order valence-corrected chi connectivity index (χ3v) is 2.54. The van der Waals surface area contributed by atoms with Crippen LogP contribution in [0.1, 0.15) is 32.8 Å². The van der Waals surface area contributed by atoms with Gasteiger partial charge in [-0.1, -0.05) is 25.1 Å². The zero-order chi connectivity index (χ0) is 10.6. The molecule has 1 aromatic rings. The van der Waals surface area contributed by atoms with E-state index in [1.54, 1.807) is 0 Å². The maximum Gasteiger partial charge on any atom is 0.124 e. The van der Waals surface area contributed by atoms with E-state index < -0.39 is 0 Å². The maximum absolute atomic E-state index is 6.19. The second-order valence-electron chi connectivity index (χ2n) is 3.70. The molecule has 0 fully saturated rings. The highest BCUT2D eigenvalue weighted by Gasteiger charge is 2.22. The van der Waals surface area contributed by atoms with Crippen LogP contribution in [-0.4, -0.2) is 6.61 Å². The van der Waals surface area contributed by atoms with Crippen molar-refractivity contribution in [3.63, 3.8) is 0 Å². The van der Waals surface area contributed by atoms with Gasteiger partial charge in [-0.05, 0) is 26.3 Å². The molecule has 0 amide bonds. The number of hydrogen-bond donors (Lipinski definition) is 1. The molecular weight excluding hydrogens is 174 g/mol. The Hall–Kier alpha value is -1.02. The highest BCUT2D eigenvalue weighted by atomic mass is 16.5. The maximum atomic E-state index is 6.19. The Labute approximate surface area is 86.1 Å². The molecule has 0 saturated carbocycles. The average molecular weight is 193 g/mol. The molecule has 78 valence electrons. The Kier molecular flexibility index (Phi) is 3.53. The van der Waals surface area contributed by atoms with Gasteiger partial charge in [-0.3, -0.25) is 0 Å². The van der Waals surface area contributed by atoms with Crippen molar-refractivity contribution >= 4 is 0 Å². The van der Waals surface area contributed by atoms with E-state index in [0.29, 0.717) is 6.61 Å². The van der Waals surface area contributed by atoms with Crippen molar-refractivity contribution < 1.29 is 4.74 Å². The van der Waals surface area contributed by atoms with Gasteiger partial charge in [0.2, 0.25) is 0 Å². The molecule has 0 heterocycles. The van der Waals surface area contributed by atoms with Gasteiger partial charge >= 0.3 is 0 Å². The van der Waals surface area contributed by atoms with Crippen molar-refractivity contribution in [3.8, 4) is 5.75 Å². The molecule has 1 unspecified atom stereocenters. The van der Waals surface area contributed by atoms with Crippen LogP contribution in [0.25, 0.3) is 0 Å². The first-order valence-corrected chi connectivity index (χ1v) is 5.13. The van der Waals surface area contributed by atoms with Crippen molar-refractivity contribution in [2.45, 2.75) is 32.7 Å². The topological polar surface area (TPSA) is 35.2 Å². The lowest BCUT2D eigenvalue weighted by Crippen LogP contribution is -2.32. The summed E-state index contributed by atoms with van der Waals surface area (Å²) < 4.78 is 5.55. The minimum absolute atomic E-state index is 0.300. The molecule has 1 rings (SSSR count). The van der Waals surface area contributed by atoms with Gasteiger partial charge in [0.25, 0.3) is 0 Å². The summed E-state index contributed by atoms with van der Waals surface area (Å²) in [6, 6.07) is 7.98. The van der Waals surface area contributed by atoms with Crippen molar-refractivity contribution in [1.82, 2.24) is 0 Å². The van der Waals surface area contributed by atoms with E-state index in [4.69, 9.17) is 10.5 Å². The summed E-state index contributed by atoms with van der Waals surface area (Å²) in [5.74, 6) is 0.904. The van der Waals surface area contributed by atoms with Crippen LogP contribution in [-0.2, 0) is 5.54 Å². The molecule has 0 saturated heterocycles. The summed E-state index contributed by atoms with van der Waals surface area (Å²) >= 11 is 0. The lowest BCUT2D eigenvalue weighted by atomic mass is 9.90. The van der Waals surface area contributed by atoms with Crippen molar-refractivity contribution in [2.75, 3.05) is 6.61 Å². The molecule has 1 atom stereocenters. The number of rotatable bonds is 4. The quantitative estimate of drug-likeness (QED) is 0.798. The monoisotopic (exact) mass is 193 g/mol. The zero-order valence-electron chi connectivity index (χ0n) is 9.21. The third kappa shape index (κ3) is 2.26. The second-order valence-corrected chi connectivity index (χ2v) is 3.70. The van der Waals surface area contributed by atoms with Crippen LogP contribution in [0, 0.1) is 0 Å². The summed E-state index contributed by atoms with van der Waals surface area (Å²) in [4.78, 5) is 0. The second kappa shape index (κ2) is 4.47. The normalized spacial score (nSPS) is 14.9. The number of ether oxygens (including phenoxy) is 1. The summed E-state index contributed by atoms with van der Waals surface area (Å²) in [6.07, 6.45) is 0.900. The Morgan fingerprint density at radius 3 is 2.50 bits per heavy atom. The molecule has 0 aliphatic carbocycles. The lowest BCUT2D eigenvalue weighted by molar-refractivity contribution is 0.324. The SMILES string of the molecule is CCOc1ccccc1C(C)(N)CC. The van der Waals surface area contributed by atoms with E-state index in [2.05, 4.69) is 6.92 Å². The zero-order valence-corrected chi connectivity index (χ0v) is 9.21. The number of para-hydroxylation sites is 1. The highest BCUT2D eigenvalue weighted by Crippen LogP contribution is 2.29. The molecule has 0 aromatic heterocycles. The van der Waals surface area contributed by atoms with Gasteiger partial charge in [0, 0.05) is 11.1 Å². The van der Waals surface area contributed by atoms with Crippen molar-refractivity contribution in [3.05, 3.63) is 29.8 Å². The molecule has 2 N–H and O–H groups in total. The van der Waals surface area contributed by atoms with Crippen LogP contribution < -0.4 is 10.5 Å². The summed E-state index contributed by atoms with van der Waals surface area (Å²) in [6.45, 7) is 6.78. The van der Waals surface area contributed by atoms with Crippen LogP contribution >= 0.6 is 0 Å². The average Bonchev–Trinajstić information content (AvgIpc) is 2.19.